The van der Waals surface area contributed by atoms with Crippen molar-refractivity contribution < 1.29 is 14.7 Å². The van der Waals surface area contributed by atoms with Gasteiger partial charge in [0.2, 0.25) is 0 Å². The lowest BCUT2D eigenvalue weighted by atomic mass is 10.2. The Kier molecular flexibility index (Phi) is 3.67. The van der Waals surface area contributed by atoms with Gasteiger partial charge in [0.1, 0.15) is 18.5 Å². The van der Waals surface area contributed by atoms with Gasteiger partial charge in [-0.05, 0) is 19.3 Å². The van der Waals surface area contributed by atoms with E-state index < -0.39 is 5.91 Å². The number of aromatic nitrogens is 4. The third kappa shape index (κ3) is 2.65. The van der Waals surface area contributed by atoms with Crippen LogP contribution in [0.15, 0.2) is 12.7 Å². The first-order chi connectivity index (χ1) is 10.2. The maximum Gasteiger partial charge on any atom is 0.269 e. The second-order valence-corrected chi connectivity index (χ2v) is 5.02. The highest BCUT2D eigenvalue weighted by Crippen LogP contribution is 2.33. The molecule has 2 heterocycles. The van der Waals surface area contributed by atoms with Crippen molar-refractivity contribution in [3.63, 3.8) is 0 Å². The Morgan fingerprint density at radius 3 is 3.14 bits per heavy atom. The molecular formula is C12H16N6O3. The molecule has 1 amide bonds. The number of ether oxygens (including phenoxy) is 1. The Labute approximate surface area is 120 Å². The molecule has 1 saturated carbocycles. The zero-order chi connectivity index (χ0) is 14.8. The molecular weight excluding hydrogens is 276 g/mol. The van der Waals surface area contributed by atoms with E-state index in [0.29, 0.717) is 17.0 Å². The number of nitrogens with two attached hydrogens (primary N) is 1. The van der Waals surface area contributed by atoms with Crippen LogP contribution in [0.2, 0.25) is 0 Å². The second kappa shape index (κ2) is 5.62. The second-order valence-electron chi connectivity index (χ2n) is 5.02. The Morgan fingerprint density at radius 2 is 2.33 bits per heavy atom. The number of fused-ring (bicyclic) bond motifs is 1. The van der Waals surface area contributed by atoms with Crippen LogP contribution in [0.25, 0.3) is 11.2 Å². The van der Waals surface area contributed by atoms with Gasteiger partial charge in [-0.3, -0.25) is 10.0 Å². The van der Waals surface area contributed by atoms with Crippen molar-refractivity contribution in [2.75, 3.05) is 12.3 Å². The fourth-order valence-corrected chi connectivity index (χ4v) is 2.68. The molecule has 0 aliphatic heterocycles. The highest BCUT2D eigenvalue weighted by atomic mass is 16.5. The van der Waals surface area contributed by atoms with Crippen molar-refractivity contribution in [3.8, 4) is 0 Å². The maximum absolute atomic E-state index is 11.0. The minimum atomic E-state index is -0.549. The van der Waals surface area contributed by atoms with Gasteiger partial charge in [0, 0.05) is 6.04 Å². The highest BCUT2D eigenvalue weighted by molar-refractivity contribution is 5.81. The van der Waals surface area contributed by atoms with Crippen molar-refractivity contribution in [2.24, 2.45) is 0 Å². The number of hydrogen-bond acceptors (Lipinski definition) is 7. The van der Waals surface area contributed by atoms with Crippen LogP contribution in [-0.2, 0) is 9.53 Å². The summed E-state index contributed by atoms with van der Waals surface area (Å²) >= 11 is 0. The fraction of sp³-hybridized carbons (Fsp3) is 0.500. The van der Waals surface area contributed by atoms with E-state index in [9.17, 15) is 4.79 Å². The van der Waals surface area contributed by atoms with Crippen LogP contribution in [0.3, 0.4) is 0 Å². The van der Waals surface area contributed by atoms with Crippen LogP contribution in [-0.4, -0.2) is 43.3 Å². The number of rotatable bonds is 4. The maximum atomic E-state index is 11.0. The zero-order valence-corrected chi connectivity index (χ0v) is 11.3. The molecule has 4 N–H and O–H groups in total. The summed E-state index contributed by atoms with van der Waals surface area (Å²) in [6.45, 7) is -0.145. The number of nitrogen functional groups attached to an aromatic ring is 1. The normalized spacial score (nSPS) is 21.8. The van der Waals surface area contributed by atoms with Gasteiger partial charge in [0.25, 0.3) is 5.91 Å². The van der Waals surface area contributed by atoms with E-state index in [0.717, 1.165) is 19.3 Å². The van der Waals surface area contributed by atoms with Crippen molar-refractivity contribution >= 4 is 22.9 Å². The molecule has 1 fully saturated rings. The van der Waals surface area contributed by atoms with Crippen molar-refractivity contribution in [1.82, 2.24) is 25.0 Å². The molecule has 9 heteroatoms. The van der Waals surface area contributed by atoms with Gasteiger partial charge < -0.3 is 15.0 Å². The molecule has 3 rings (SSSR count). The van der Waals surface area contributed by atoms with Crippen molar-refractivity contribution in [1.29, 1.82) is 0 Å². The van der Waals surface area contributed by atoms with E-state index in [-0.39, 0.29) is 18.8 Å². The molecule has 2 aromatic heterocycles. The number of carbonyl (C=O) groups is 1. The first-order valence-electron chi connectivity index (χ1n) is 6.66. The molecule has 2 aromatic rings. The molecule has 0 spiro atoms. The monoisotopic (exact) mass is 292 g/mol. The van der Waals surface area contributed by atoms with E-state index in [1.807, 2.05) is 4.57 Å². The quantitative estimate of drug-likeness (QED) is 0.535. The number of amides is 1. The molecule has 21 heavy (non-hydrogen) atoms. The summed E-state index contributed by atoms with van der Waals surface area (Å²) in [5.41, 5.74) is 8.63. The number of nitrogens with one attached hydrogen (secondary N) is 1. The molecule has 0 saturated heterocycles. The molecule has 1 aliphatic carbocycles. The third-order valence-electron chi connectivity index (χ3n) is 3.71. The van der Waals surface area contributed by atoms with Crippen LogP contribution in [0, 0.1) is 0 Å². The lowest BCUT2D eigenvalue weighted by Crippen LogP contribution is -2.26. The predicted octanol–water partition coefficient (Wildman–Crippen LogP) is 0.0241. The lowest BCUT2D eigenvalue weighted by Gasteiger charge is -2.13. The van der Waals surface area contributed by atoms with E-state index in [1.54, 1.807) is 11.8 Å². The summed E-state index contributed by atoms with van der Waals surface area (Å²) in [5.74, 6) is -0.184. The summed E-state index contributed by atoms with van der Waals surface area (Å²) in [7, 11) is 0. The van der Waals surface area contributed by atoms with Gasteiger partial charge >= 0.3 is 0 Å². The average Bonchev–Trinajstić information content (AvgIpc) is 3.11. The minimum absolute atomic E-state index is 0.0241. The van der Waals surface area contributed by atoms with Gasteiger partial charge in [0.05, 0.1) is 12.4 Å². The standard InChI is InChI=1S/C12H16N6O3/c13-11-10-12(15-5-14-11)18(6-16-10)7-1-2-8(3-7)21-4-9(19)17-20/h5-8,20H,1-4H2,(H,17,19)(H2,13,14,15)/t7-,8-/m1/s1. The molecule has 0 aromatic carbocycles. The Bertz CT molecular complexity index is 657. The average molecular weight is 292 g/mol. The van der Waals surface area contributed by atoms with Crippen LogP contribution in [0.1, 0.15) is 25.3 Å². The van der Waals surface area contributed by atoms with Crippen LogP contribution < -0.4 is 11.2 Å². The van der Waals surface area contributed by atoms with Crippen LogP contribution in [0.5, 0.6) is 0 Å². The fourth-order valence-electron chi connectivity index (χ4n) is 2.68. The SMILES string of the molecule is Nc1ncnc2c1ncn2[C@@H]1CC[C@@H](OCC(=O)NO)C1. The molecule has 0 unspecified atom stereocenters. The van der Waals surface area contributed by atoms with E-state index >= 15 is 0 Å². The predicted molar refractivity (Wildman–Crippen MR) is 72.3 cm³/mol. The molecule has 0 radical (unpaired) electrons. The van der Waals surface area contributed by atoms with Gasteiger partial charge in [-0.1, -0.05) is 0 Å². The van der Waals surface area contributed by atoms with Gasteiger partial charge in [-0.15, -0.1) is 0 Å². The van der Waals surface area contributed by atoms with Crippen molar-refractivity contribution in [3.05, 3.63) is 12.7 Å². The summed E-state index contributed by atoms with van der Waals surface area (Å²) in [6, 6.07) is 0.200. The molecule has 112 valence electrons. The van der Waals surface area contributed by atoms with Crippen LogP contribution in [0.4, 0.5) is 5.82 Å². The first-order valence-corrected chi connectivity index (χ1v) is 6.66. The van der Waals surface area contributed by atoms with E-state index in [1.165, 1.54) is 6.33 Å². The number of carbonyl (C=O) groups excluding carboxylic acids is 1. The van der Waals surface area contributed by atoms with Gasteiger partial charge in [-0.2, -0.15) is 0 Å². The van der Waals surface area contributed by atoms with Gasteiger partial charge in [-0.25, -0.2) is 20.4 Å². The number of anilines is 1. The highest BCUT2D eigenvalue weighted by Gasteiger charge is 2.28. The third-order valence-corrected chi connectivity index (χ3v) is 3.71. The summed E-state index contributed by atoms with van der Waals surface area (Å²) in [6.07, 6.45) is 5.61. The van der Waals surface area contributed by atoms with Crippen LogP contribution >= 0.6 is 0 Å². The number of nitrogens with zero attached hydrogens (tertiary/aromatic N) is 4. The largest absolute Gasteiger partial charge is 0.382 e. The van der Waals surface area contributed by atoms with E-state index in [2.05, 4.69) is 15.0 Å². The number of hydroxylamine groups is 1. The van der Waals surface area contributed by atoms with E-state index in [4.69, 9.17) is 15.7 Å². The number of hydrogen-bond donors (Lipinski definition) is 3. The molecule has 1 aliphatic rings. The molecule has 2 atom stereocenters. The summed E-state index contributed by atoms with van der Waals surface area (Å²) in [5, 5.41) is 8.44. The Balaban J connectivity index is 1.70. The summed E-state index contributed by atoms with van der Waals surface area (Å²) in [4.78, 5) is 23.4. The Hall–Kier alpha value is -2.26. The summed E-state index contributed by atoms with van der Waals surface area (Å²) < 4.78 is 7.43. The number of imidazole rings is 1. The lowest BCUT2D eigenvalue weighted by molar-refractivity contribution is -0.135. The topological polar surface area (TPSA) is 128 Å². The van der Waals surface area contributed by atoms with Crippen molar-refractivity contribution in [2.45, 2.75) is 31.4 Å². The molecule has 0 bridgehead atoms. The smallest absolute Gasteiger partial charge is 0.269 e. The minimum Gasteiger partial charge on any atom is -0.382 e. The first kappa shape index (κ1) is 13.7. The zero-order valence-electron chi connectivity index (χ0n) is 11.3. The molecule has 9 nitrogen and oxygen atoms in total. The Morgan fingerprint density at radius 1 is 1.48 bits per heavy atom. The van der Waals surface area contributed by atoms with Gasteiger partial charge in [0.15, 0.2) is 11.5 Å².